The molecule has 1 heterocycles. The third-order valence-electron chi connectivity index (χ3n) is 1.98. The van der Waals surface area contributed by atoms with Crippen LogP contribution in [-0.2, 0) is 16.1 Å². The van der Waals surface area contributed by atoms with Crippen LogP contribution in [0.15, 0.2) is 35.2 Å². The number of hydrogen-bond acceptors (Lipinski definition) is 3. The van der Waals surface area contributed by atoms with Gasteiger partial charge in [-0.15, -0.1) is 0 Å². The average molecular weight is 257 g/mol. The fraction of sp³-hybridized carbons (Fsp3) is 0.200. The van der Waals surface area contributed by atoms with E-state index in [1.54, 1.807) is 0 Å². The Morgan fingerprint density at radius 3 is 2.57 bits per heavy atom. The highest BCUT2D eigenvalue weighted by molar-refractivity contribution is 9.10. The van der Waals surface area contributed by atoms with Gasteiger partial charge in [0, 0.05) is 10.0 Å². The van der Waals surface area contributed by atoms with Crippen LogP contribution in [0.5, 0.6) is 0 Å². The van der Waals surface area contributed by atoms with Gasteiger partial charge in [0.1, 0.15) is 12.5 Å². The Morgan fingerprint density at radius 1 is 1.29 bits per heavy atom. The minimum atomic E-state index is -0.362. The van der Waals surface area contributed by atoms with Gasteiger partial charge in [-0.05, 0) is 11.6 Å². The van der Waals surface area contributed by atoms with E-state index in [4.69, 9.17) is 14.6 Å². The molecule has 74 valence electrons. The third-order valence-corrected chi connectivity index (χ3v) is 2.72. The molecule has 0 radical (unpaired) electrons. The summed E-state index contributed by atoms with van der Waals surface area (Å²) in [4.78, 5) is 0. The van der Waals surface area contributed by atoms with E-state index < -0.39 is 0 Å². The second-order valence-corrected chi connectivity index (χ2v) is 3.74. The predicted octanol–water partition coefficient (Wildman–Crippen LogP) is 2.46. The summed E-state index contributed by atoms with van der Waals surface area (Å²) in [6.07, 6.45) is 2.66. The van der Waals surface area contributed by atoms with Crippen molar-refractivity contribution in [3.05, 3.63) is 46.3 Å². The number of rotatable bonds is 2. The molecule has 1 N–H and O–H groups in total. The summed E-state index contributed by atoms with van der Waals surface area (Å²) in [5.41, 5.74) is 1.76. The van der Waals surface area contributed by atoms with Crippen molar-refractivity contribution in [2.75, 3.05) is 0 Å². The Balaban J connectivity index is 2.23. The summed E-state index contributed by atoms with van der Waals surface area (Å²) in [6.45, 7) is 0.0193. The summed E-state index contributed by atoms with van der Waals surface area (Å²) < 4.78 is 11.2. The minimum Gasteiger partial charge on any atom is -0.455 e. The van der Waals surface area contributed by atoms with E-state index >= 15 is 0 Å². The van der Waals surface area contributed by atoms with Crippen LogP contribution in [-0.4, -0.2) is 5.11 Å². The molecule has 14 heavy (non-hydrogen) atoms. The van der Waals surface area contributed by atoms with Crippen LogP contribution in [0.1, 0.15) is 17.4 Å². The van der Waals surface area contributed by atoms with E-state index in [1.165, 1.54) is 12.5 Å². The number of hydrogen-bond donors (Lipinski definition) is 1. The van der Waals surface area contributed by atoms with Gasteiger partial charge in [-0.1, -0.05) is 28.1 Å². The molecule has 0 saturated carbocycles. The van der Waals surface area contributed by atoms with Crippen molar-refractivity contribution < 1.29 is 14.6 Å². The molecule has 0 aromatic heterocycles. The molecule has 0 spiro atoms. The van der Waals surface area contributed by atoms with Gasteiger partial charge >= 0.3 is 0 Å². The van der Waals surface area contributed by atoms with Gasteiger partial charge in [-0.2, -0.15) is 0 Å². The Hall–Kier alpha value is -1.00. The van der Waals surface area contributed by atoms with E-state index in [9.17, 15) is 0 Å². The van der Waals surface area contributed by atoms with Crippen LogP contribution in [0, 0.1) is 0 Å². The first kappa shape index (κ1) is 9.55. The van der Waals surface area contributed by atoms with E-state index in [0.717, 1.165) is 15.6 Å². The molecule has 4 heteroatoms. The highest BCUT2D eigenvalue weighted by atomic mass is 79.9. The topological polar surface area (TPSA) is 38.7 Å². The lowest BCUT2D eigenvalue weighted by Gasteiger charge is -2.11. The number of halogens is 1. The Kier molecular flexibility index (Phi) is 2.74. The maximum atomic E-state index is 8.97. The minimum absolute atomic E-state index is 0.0193. The number of aliphatic hydroxyl groups is 1. The summed E-state index contributed by atoms with van der Waals surface area (Å²) in [5, 5.41) is 8.97. The first-order valence-electron chi connectivity index (χ1n) is 4.16. The predicted molar refractivity (Wildman–Crippen MR) is 54.1 cm³/mol. The first-order chi connectivity index (χ1) is 6.81. The molecule has 0 fully saturated rings. The Morgan fingerprint density at radius 2 is 2.00 bits per heavy atom. The number of benzene rings is 1. The first-order valence-corrected chi connectivity index (χ1v) is 4.95. The van der Waals surface area contributed by atoms with Crippen molar-refractivity contribution in [2.45, 2.75) is 12.9 Å². The van der Waals surface area contributed by atoms with Gasteiger partial charge in [0.2, 0.25) is 0 Å². The normalized spacial score (nSPS) is 15.3. The van der Waals surface area contributed by atoms with Crippen molar-refractivity contribution >= 4 is 15.9 Å². The largest absolute Gasteiger partial charge is 0.455 e. The van der Waals surface area contributed by atoms with Crippen molar-refractivity contribution in [3.8, 4) is 0 Å². The molecule has 0 saturated heterocycles. The quantitative estimate of drug-likeness (QED) is 0.884. The smallest absolute Gasteiger partial charge is 0.266 e. The fourth-order valence-corrected chi connectivity index (χ4v) is 1.76. The Labute approximate surface area is 90.1 Å². The zero-order chi connectivity index (χ0) is 9.97. The average Bonchev–Trinajstić information content (AvgIpc) is 2.70. The molecule has 0 aliphatic carbocycles. The van der Waals surface area contributed by atoms with Crippen molar-refractivity contribution in [1.82, 2.24) is 0 Å². The van der Waals surface area contributed by atoms with E-state index in [1.807, 2.05) is 18.2 Å². The lowest BCUT2D eigenvalue weighted by atomic mass is 10.1. The van der Waals surface area contributed by atoms with Gasteiger partial charge in [0.15, 0.2) is 0 Å². The Bertz CT molecular complexity index is 354. The van der Waals surface area contributed by atoms with Crippen LogP contribution in [0.2, 0.25) is 0 Å². The summed E-state index contributed by atoms with van der Waals surface area (Å²) in [7, 11) is 0. The molecule has 2 rings (SSSR count). The summed E-state index contributed by atoms with van der Waals surface area (Å²) >= 11 is 3.36. The number of ether oxygens (including phenoxy) is 2. The standard InChI is InChI=1S/C10H9BrO3/c11-9-5-7(1-2-8(9)6-12)10-13-3-4-14-10/h1-5,10,12H,6H2. The highest BCUT2D eigenvalue weighted by Crippen LogP contribution is 2.28. The highest BCUT2D eigenvalue weighted by Gasteiger charge is 2.16. The molecule has 1 aliphatic heterocycles. The van der Waals surface area contributed by atoms with Crippen LogP contribution in [0.3, 0.4) is 0 Å². The van der Waals surface area contributed by atoms with Gasteiger partial charge in [0.25, 0.3) is 6.29 Å². The van der Waals surface area contributed by atoms with E-state index in [2.05, 4.69) is 15.9 Å². The zero-order valence-corrected chi connectivity index (χ0v) is 8.90. The van der Waals surface area contributed by atoms with Crippen molar-refractivity contribution in [3.63, 3.8) is 0 Å². The maximum absolute atomic E-state index is 8.97. The van der Waals surface area contributed by atoms with Crippen LogP contribution < -0.4 is 0 Å². The summed E-state index contributed by atoms with van der Waals surface area (Å²) in [6, 6.07) is 5.58. The van der Waals surface area contributed by atoms with E-state index in [0.29, 0.717) is 0 Å². The molecule has 1 aromatic rings. The molecular formula is C10H9BrO3. The van der Waals surface area contributed by atoms with Crippen LogP contribution in [0.25, 0.3) is 0 Å². The fourth-order valence-electron chi connectivity index (χ4n) is 1.23. The van der Waals surface area contributed by atoms with Crippen LogP contribution in [0.4, 0.5) is 0 Å². The van der Waals surface area contributed by atoms with Gasteiger partial charge in [-0.3, -0.25) is 0 Å². The maximum Gasteiger partial charge on any atom is 0.266 e. The second kappa shape index (κ2) is 4.02. The zero-order valence-electron chi connectivity index (χ0n) is 7.31. The van der Waals surface area contributed by atoms with Gasteiger partial charge < -0.3 is 14.6 Å². The molecule has 3 nitrogen and oxygen atoms in total. The lowest BCUT2D eigenvalue weighted by Crippen LogP contribution is -1.98. The molecule has 1 aromatic carbocycles. The molecule has 1 aliphatic rings. The van der Waals surface area contributed by atoms with Crippen molar-refractivity contribution in [2.24, 2.45) is 0 Å². The number of aliphatic hydroxyl groups excluding tert-OH is 1. The third kappa shape index (κ3) is 1.76. The molecule has 0 unspecified atom stereocenters. The van der Waals surface area contributed by atoms with Gasteiger partial charge in [0.05, 0.1) is 6.61 Å². The SMILES string of the molecule is OCc1ccc(C2OC=CO2)cc1Br. The molecule has 0 atom stereocenters. The van der Waals surface area contributed by atoms with Gasteiger partial charge in [-0.25, -0.2) is 0 Å². The second-order valence-electron chi connectivity index (χ2n) is 2.89. The molecular weight excluding hydrogens is 248 g/mol. The van der Waals surface area contributed by atoms with E-state index in [-0.39, 0.29) is 12.9 Å². The lowest BCUT2D eigenvalue weighted by molar-refractivity contribution is -0.0246. The van der Waals surface area contributed by atoms with Crippen LogP contribution >= 0.6 is 15.9 Å². The molecule has 0 bridgehead atoms. The monoisotopic (exact) mass is 256 g/mol. The molecule has 0 amide bonds. The van der Waals surface area contributed by atoms with Crippen molar-refractivity contribution in [1.29, 1.82) is 0 Å². The summed E-state index contributed by atoms with van der Waals surface area (Å²) in [5.74, 6) is 0.